The molecule has 144 valence electrons. The number of rotatable bonds is 6. The highest BCUT2D eigenvalue weighted by molar-refractivity contribution is 8.26. The number of hydrogen-bond donors (Lipinski definition) is 2. The first-order chi connectivity index (χ1) is 13.4. The van der Waals surface area contributed by atoms with Crippen LogP contribution in [0.1, 0.15) is 18.4 Å². The zero-order valence-electron chi connectivity index (χ0n) is 14.7. The van der Waals surface area contributed by atoms with Crippen LogP contribution in [0.2, 0.25) is 5.02 Å². The first kappa shape index (κ1) is 20.4. The van der Waals surface area contributed by atoms with E-state index < -0.39 is 0 Å². The van der Waals surface area contributed by atoms with E-state index in [9.17, 15) is 14.7 Å². The molecule has 1 aliphatic heterocycles. The first-order valence-electron chi connectivity index (χ1n) is 8.53. The molecular formula is C20H17ClN2O3S2. The molecule has 1 aliphatic rings. The van der Waals surface area contributed by atoms with E-state index >= 15 is 0 Å². The largest absolute Gasteiger partial charge is 0.508 e. The third-order valence-corrected chi connectivity index (χ3v) is 5.70. The summed E-state index contributed by atoms with van der Waals surface area (Å²) in [6, 6.07) is 13.6. The molecule has 1 saturated heterocycles. The summed E-state index contributed by atoms with van der Waals surface area (Å²) in [5.41, 5.74) is 1.29. The molecule has 1 fully saturated rings. The Morgan fingerprint density at radius 2 is 2.04 bits per heavy atom. The molecule has 2 N–H and O–H groups in total. The SMILES string of the molecule is O=C(CCCN1C(=O)/C(=C\c2ccccc2Cl)SC1=S)Nc1cccc(O)c1. The molecule has 28 heavy (non-hydrogen) atoms. The molecule has 0 unspecified atom stereocenters. The number of benzene rings is 2. The van der Waals surface area contributed by atoms with Gasteiger partial charge >= 0.3 is 0 Å². The van der Waals surface area contributed by atoms with Gasteiger partial charge in [-0.05, 0) is 36.3 Å². The number of carbonyl (C=O) groups is 2. The van der Waals surface area contributed by atoms with E-state index in [0.717, 1.165) is 5.56 Å². The van der Waals surface area contributed by atoms with Crippen LogP contribution in [0.25, 0.3) is 6.08 Å². The number of carbonyl (C=O) groups excluding carboxylic acids is 2. The van der Waals surface area contributed by atoms with Gasteiger partial charge in [-0.25, -0.2) is 0 Å². The molecule has 0 aromatic heterocycles. The molecule has 0 atom stereocenters. The van der Waals surface area contributed by atoms with Crippen LogP contribution in [0.15, 0.2) is 53.4 Å². The van der Waals surface area contributed by atoms with Gasteiger partial charge in [0.2, 0.25) is 5.91 Å². The van der Waals surface area contributed by atoms with Gasteiger partial charge in [0.15, 0.2) is 0 Å². The van der Waals surface area contributed by atoms with Gasteiger partial charge in [0.25, 0.3) is 5.91 Å². The molecule has 3 rings (SSSR count). The van der Waals surface area contributed by atoms with Gasteiger partial charge in [-0.2, -0.15) is 0 Å². The molecule has 0 bridgehead atoms. The Labute approximate surface area is 177 Å². The standard InChI is InChI=1S/C20H17ClN2O3S2/c21-16-8-2-1-5-13(16)11-17-19(26)23(20(27)28-17)10-4-9-18(25)22-14-6-3-7-15(24)12-14/h1-3,5-8,11-12,24H,4,9-10H2,(H,22,25)/b17-11+. The fourth-order valence-corrected chi connectivity index (χ4v) is 4.12. The van der Waals surface area contributed by atoms with Crippen LogP contribution in [0.4, 0.5) is 5.69 Å². The van der Waals surface area contributed by atoms with Crippen molar-refractivity contribution in [3.05, 3.63) is 64.0 Å². The van der Waals surface area contributed by atoms with Gasteiger partial charge in [-0.1, -0.05) is 59.8 Å². The Balaban J connectivity index is 1.55. The van der Waals surface area contributed by atoms with Crippen molar-refractivity contribution in [2.24, 2.45) is 0 Å². The number of halogens is 1. The average Bonchev–Trinajstić information content (AvgIpc) is 2.91. The van der Waals surface area contributed by atoms with Gasteiger partial charge in [0.1, 0.15) is 10.1 Å². The fraction of sp³-hybridized carbons (Fsp3) is 0.150. The van der Waals surface area contributed by atoms with E-state index in [1.54, 1.807) is 24.3 Å². The highest BCUT2D eigenvalue weighted by Gasteiger charge is 2.31. The van der Waals surface area contributed by atoms with Crippen molar-refractivity contribution in [1.29, 1.82) is 0 Å². The van der Waals surface area contributed by atoms with Crippen LogP contribution in [-0.2, 0) is 9.59 Å². The van der Waals surface area contributed by atoms with Crippen LogP contribution in [0, 0.1) is 0 Å². The summed E-state index contributed by atoms with van der Waals surface area (Å²) in [7, 11) is 0. The summed E-state index contributed by atoms with van der Waals surface area (Å²) >= 11 is 12.7. The predicted octanol–water partition coefficient (Wildman–Crippen LogP) is 4.67. The Bertz CT molecular complexity index is 962. The Morgan fingerprint density at radius 3 is 2.79 bits per heavy atom. The molecule has 0 radical (unpaired) electrons. The Kier molecular flexibility index (Phi) is 6.72. The molecule has 5 nitrogen and oxygen atoms in total. The highest BCUT2D eigenvalue weighted by atomic mass is 35.5. The minimum atomic E-state index is -0.192. The maximum atomic E-state index is 12.6. The number of phenols is 1. The zero-order chi connectivity index (χ0) is 20.1. The second-order valence-electron chi connectivity index (χ2n) is 6.06. The fourth-order valence-electron chi connectivity index (χ4n) is 2.63. The number of hydrogen-bond acceptors (Lipinski definition) is 5. The van der Waals surface area contributed by atoms with Crippen molar-refractivity contribution in [3.63, 3.8) is 0 Å². The zero-order valence-corrected chi connectivity index (χ0v) is 17.1. The minimum absolute atomic E-state index is 0.0840. The van der Waals surface area contributed by atoms with Crippen LogP contribution in [-0.4, -0.2) is 32.7 Å². The molecule has 2 amide bonds. The number of thioether (sulfide) groups is 1. The van der Waals surface area contributed by atoms with E-state index in [1.807, 2.05) is 18.2 Å². The normalized spacial score (nSPS) is 15.3. The molecule has 0 spiro atoms. The lowest BCUT2D eigenvalue weighted by molar-refractivity contribution is -0.122. The predicted molar refractivity (Wildman–Crippen MR) is 117 cm³/mol. The number of nitrogens with zero attached hydrogens (tertiary/aromatic N) is 1. The Hall–Kier alpha value is -2.35. The van der Waals surface area contributed by atoms with E-state index in [-0.39, 0.29) is 24.0 Å². The molecule has 0 saturated carbocycles. The van der Waals surface area contributed by atoms with Gasteiger partial charge in [0, 0.05) is 29.7 Å². The molecular weight excluding hydrogens is 416 g/mol. The maximum absolute atomic E-state index is 12.6. The topological polar surface area (TPSA) is 69.6 Å². The number of thiocarbonyl (C=S) groups is 1. The highest BCUT2D eigenvalue weighted by Crippen LogP contribution is 2.33. The van der Waals surface area contributed by atoms with Gasteiger partial charge in [-0.3, -0.25) is 14.5 Å². The summed E-state index contributed by atoms with van der Waals surface area (Å²) in [4.78, 5) is 26.7. The van der Waals surface area contributed by atoms with Crippen molar-refractivity contribution in [3.8, 4) is 5.75 Å². The van der Waals surface area contributed by atoms with Crippen molar-refractivity contribution in [1.82, 2.24) is 4.90 Å². The number of amides is 2. The Morgan fingerprint density at radius 1 is 1.25 bits per heavy atom. The van der Waals surface area contributed by atoms with Gasteiger partial charge in [-0.15, -0.1) is 0 Å². The number of phenolic OH excluding ortho intramolecular Hbond substituents is 1. The van der Waals surface area contributed by atoms with E-state index in [1.165, 1.54) is 28.8 Å². The van der Waals surface area contributed by atoms with Gasteiger partial charge in [0.05, 0.1) is 4.91 Å². The minimum Gasteiger partial charge on any atom is -0.508 e. The van der Waals surface area contributed by atoms with Crippen molar-refractivity contribution >= 4 is 63.5 Å². The summed E-state index contributed by atoms with van der Waals surface area (Å²) in [6.45, 7) is 0.359. The molecule has 8 heteroatoms. The smallest absolute Gasteiger partial charge is 0.266 e. The van der Waals surface area contributed by atoms with Crippen molar-refractivity contribution in [2.75, 3.05) is 11.9 Å². The summed E-state index contributed by atoms with van der Waals surface area (Å²) in [5, 5.41) is 12.7. The third kappa shape index (κ3) is 5.13. The lowest BCUT2D eigenvalue weighted by Gasteiger charge is -2.14. The monoisotopic (exact) mass is 432 g/mol. The summed E-state index contributed by atoms with van der Waals surface area (Å²) in [5.74, 6) is -0.286. The number of aromatic hydroxyl groups is 1. The molecule has 2 aromatic rings. The van der Waals surface area contributed by atoms with Crippen LogP contribution < -0.4 is 5.32 Å². The molecule has 1 heterocycles. The number of nitrogens with one attached hydrogen (secondary N) is 1. The van der Waals surface area contributed by atoms with Crippen LogP contribution in [0.5, 0.6) is 5.75 Å². The average molecular weight is 433 g/mol. The molecule has 2 aromatic carbocycles. The summed E-state index contributed by atoms with van der Waals surface area (Å²) in [6.07, 6.45) is 2.43. The lowest BCUT2D eigenvalue weighted by atomic mass is 10.2. The van der Waals surface area contributed by atoms with Crippen LogP contribution >= 0.6 is 35.6 Å². The van der Waals surface area contributed by atoms with E-state index in [0.29, 0.717) is 32.9 Å². The maximum Gasteiger partial charge on any atom is 0.266 e. The second-order valence-corrected chi connectivity index (χ2v) is 8.14. The first-order valence-corrected chi connectivity index (χ1v) is 10.1. The van der Waals surface area contributed by atoms with E-state index in [2.05, 4.69) is 5.32 Å². The quantitative estimate of drug-likeness (QED) is 0.513. The lowest BCUT2D eigenvalue weighted by Crippen LogP contribution is -2.29. The third-order valence-electron chi connectivity index (χ3n) is 3.98. The van der Waals surface area contributed by atoms with Crippen molar-refractivity contribution < 1.29 is 14.7 Å². The van der Waals surface area contributed by atoms with Gasteiger partial charge < -0.3 is 10.4 Å². The molecule has 0 aliphatic carbocycles. The second kappa shape index (κ2) is 9.23. The summed E-state index contributed by atoms with van der Waals surface area (Å²) < 4.78 is 0.469. The number of anilines is 1. The van der Waals surface area contributed by atoms with E-state index in [4.69, 9.17) is 23.8 Å². The van der Waals surface area contributed by atoms with Crippen molar-refractivity contribution in [2.45, 2.75) is 12.8 Å². The van der Waals surface area contributed by atoms with Crippen LogP contribution in [0.3, 0.4) is 0 Å².